The number of nitrogens with two attached hydrogens (primary N) is 1. The molecule has 0 amide bonds. The fourth-order valence-electron chi connectivity index (χ4n) is 1.07. The van der Waals surface area contributed by atoms with Gasteiger partial charge in [-0.25, -0.2) is 0 Å². The smallest absolute Gasteiger partial charge is 0.372 e. The van der Waals surface area contributed by atoms with Gasteiger partial charge in [-0.2, -0.15) is 13.2 Å². The average molecular weight is 214 g/mol. The standard InChI is InChI=1S/C8H17F3N2O/c1-2-3-7(13-12)4-5-14-6-8(9,10)11/h7,13H,2-6,12H2,1H3. The Hall–Kier alpha value is -0.330. The molecule has 3 N–H and O–H groups in total. The van der Waals surface area contributed by atoms with Crippen molar-refractivity contribution < 1.29 is 17.9 Å². The van der Waals surface area contributed by atoms with Crippen LogP contribution in [0.15, 0.2) is 0 Å². The van der Waals surface area contributed by atoms with E-state index in [0.29, 0.717) is 6.42 Å². The van der Waals surface area contributed by atoms with Crippen LogP contribution >= 0.6 is 0 Å². The van der Waals surface area contributed by atoms with Gasteiger partial charge in [0.15, 0.2) is 0 Å². The minimum atomic E-state index is -4.24. The van der Waals surface area contributed by atoms with Crippen LogP contribution in [0.4, 0.5) is 13.2 Å². The third-order valence-electron chi connectivity index (χ3n) is 1.75. The Labute approximate surface area is 81.8 Å². The molecule has 86 valence electrons. The highest BCUT2D eigenvalue weighted by molar-refractivity contribution is 4.61. The van der Waals surface area contributed by atoms with Crippen LogP contribution in [0.25, 0.3) is 0 Å². The molecule has 0 aromatic rings. The lowest BCUT2D eigenvalue weighted by molar-refractivity contribution is -0.174. The lowest BCUT2D eigenvalue weighted by Crippen LogP contribution is -2.36. The first-order chi connectivity index (χ1) is 6.49. The summed E-state index contributed by atoms with van der Waals surface area (Å²) in [5.41, 5.74) is 2.54. The number of ether oxygens (including phenoxy) is 1. The topological polar surface area (TPSA) is 47.3 Å². The zero-order valence-electron chi connectivity index (χ0n) is 8.23. The lowest BCUT2D eigenvalue weighted by atomic mass is 10.1. The SMILES string of the molecule is CCCC(CCOCC(F)(F)F)NN. The van der Waals surface area contributed by atoms with E-state index < -0.39 is 12.8 Å². The summed E-state index contributed by atoms with van der Waals surface area (Å²) in [6.07, 6.45) is -1.96. The number of halogens is 3. The van der Waals surface area contributed by atoms with Gasteiger partial charge in [0.05, 0.1) is 0 Å². The second-order valence-corrected chi connectivity index (χ2v) is 3.11. The number of hydrogen-bond donors (Lipinski definition) is 2. The van der Waals surface area contributed by atoms with E-state index >= 15 is 0 Å². The molecule has 1 unspecified atom stereocenters. The van der Waals surface area contributed by atoms with E-state index in [1.807, 2.05) is 6.92 Å². The summed E-state index contributed by atoms with van der Waals surface area (Å²) in [5.74, 6) is 5.20. The zero-order chi connectivity index (χ0) is 11.0. The van der Waals surface area contributed by atoms with E-state index in [1.165, 1.54) is 0 Å². The van der Waals surface area contributed by atoms with Crippen molar-refractivity contribution in [1.82, 2.24) is 5.43 Å². The van der Waals surface area contributed by atoms with Crippen LogP contribution in [0.1, 0.15) is 26.2 Å². The largest absolute Gasteiger partial charge is 0.411 e. The Morgan fingerprint density at radius 2 is 2.00 bits per heavy atom. The molecule has 0 saturated heterocycles. The number of nitrogens with one attached hydrogen (secondary N) is 1. The monoisotopic (exact) mass is 214 g/mol. The van der Waals surface area contributed by atoms with Crippen LogP contribution in [0, 0.1) is 0 Å². The molecule has 0 aliphatic carbocycles. The maximum absolute atomic E-state index is 11.6. The van der Waals surface area contributed by atoms with Crippen LogP contribution in [0.3, 0.4) is 0 Å². The van der Waals surface area contributed by atoms with Gasteiger partial charge in [-0.1, -0.05) is 13.3 Å². The first kappa shape index (κ1) is 13.7. The molecule has 0 aromatic heterocycles. The molecule has 0 aromatic carbocycles. The van der Waals surface area contributed by atoms with Gasteiger partial charge < -0.3 is 4.74 Å². The zero-order valence-corrected chi connectivity index (χ0v) is 8.23. The highest BCUT2D eigenvalue weighted by Crippen LogP contribution is 2.14. The van der Waals surface area contributed by atoms with E-state index in [9.17, 15) is 13.2 Å². The van der Waals surface area contributed by atoms with Gasteiger partial charge in [-0.3, -0.25) is 11.3 Å². The van der Waals surface area contributed by atoms with Crippen molar-refractivity contribution in [2.75, 3.05) is 13.2 Å². The summed E-state index contributed by atoms with van der Waals surface area (Å²) in [6, 6.07) is 0.0354. The summed E-state index contributed by atoms with van der Waals surface area (Å²) in [6.45, 7) is 0.881. The van der Waals surface area contributed by atoms with Crippen molar-refractivity contribution >= 4 is 0 Å². The molecule has 6 heteroatoms. The van der Waals surface area contributed by atoms with Crippen molar-refractivity contribution in [3.05, 3.63) is 0 Å². The highest BCUT2D eigenvalue weighted by atomic mass is 19.4. The molecular weight excluding hydrogens is 197 g/mol. The van der Waals surface area contributed by atoms with E-state index in [0.717, 1.165) is 12.8 Å². The second-order valence-electron chi connectivity index (χ2n) is 3.11. The Morgan fingerprint density at radius 1 is 1.36 bits per heavy atom. The van der Waals surface area contributed by atoms with Crippen LogP contribution in [-0.4, -0.2) is 25.4 Å². The summed E-state index contributed by atoms with van der Waals surface area (Å²) in [5, 5.41) is 0. The van der Waals surface area contributed by atoms with Gasteiger partial charge in [0.1, 0.15) is 6.61 Å². The number of rotatable bonds is 7. The fraction of sp³-hybridized carbons (Fsp3) is 1.00. The molecule has 0 spiro atoms. The Balaban J connectivity index is 3.42. The number of alkyl halides is 3. The molecule has 0 radical (unpaired) electrons. The van der Waals surface area contributed by atoms with Gasteiger partial charge in [0, 0.05) is 12.6 Å². The van der Waals surface area contributed by atoms with E-state index in [-0.39, 0.29) is 12.6 Å². The summed E-state index contributed by atoms with van der Waals surface area (Å²) >= 11 is 0. The highest BCUT2D eigenvalue weighted by Gasteiger charge is 2.27. The molecule has 0 bridgehead atoms. The molecule has 0 saturated carbocycles. The van der Waals surface area contributed by atoms with Crippen molar-refractivity contribution in [3.8, 4) is 0 Å². The maximum Gasteiger partial charge on any atom is 0.411 e. The van der Waals surface area contributed by atoms with E-state index in [1.54, 1.807) is 0 Å². The molecule has 0 heterocycles. The minimum absolute atomic E-state index is 0.0354. The molecule has 3 nitrogen and oxygen atoms in total. The summed E-state index contributed by atoms with van der Waals surface area (Å²) in [4.78, 5) is 0. The molecule has 0 aliphatic rings. The van der Waals surface area contributed by atoms with Crippen molar-refractivity contribution in [2.24, 2.45) is 5.84 Å². The molecule has 14 heavy (non-hydrogen) atoms. The Bertz CT molecular complexity index is 141. The minimum Gasteiger partial charge on any atom is -0.372 e. The summed E-state index contributed by atoms with van der Waals surface area (Å²) < 4.78 is 39.4. The van der Waals surface area contributed by atoms with Gasteiger partial charge in [-0.15, -0.1) is 0 Å². The van der Waals surface area contributed by atoms with Crippen molar-refractivity contribution in [1.29, 1.82) is 0 Å². The van der Waals surface area contributed by atoms with Crippen molar-refractivity contribution in [2.45, 2.75) is 38.4 Å². The van der Waals surface area contributed by atoms with E-state index in [4.69, 9.17) is 5.84 Å². The first-order valence-corrected chi connectivity index (χ1v) is 4.60. The van der Waals surface area contributed by atoms with Crippen LogP contribution in [-0.2, 0) is 4.74 Å². The molecule has 0 fully saturated rings. The molecule has 1 atom stereocenters. The van der Waals surface area contributed by atoms with Gasteiger partial charge in [0.25, 0.3) is 0 Å². The average Bonchev–Trinajstić information content (AvgIpc) is 2.08. The number of hydrazine groups is 1. The van der Waals surface area contributed by atoms with Crippen LogP contribution in [0.5, 0.6) is 0 Å². The Morgan fingerprint density at radius 3 is 2.43 bits per heavy atom. The third-order valence-corrected chi connectivity index (χ3v) is 1.75. The molecule has 0 aliphatic heterocycles. The predicted molar refractivity (Wildman–Crippen MR) is 47.5 cm³/mol. The first-order valence-electron chi connectivity index (χ1n) is 4.60. The molecule has 0 rings (SSSR count). The third kappa shape index (κ3) is 8.28. The fourth-order valence-corrected chi connectivity index (χ4v) is 1.07. The van der Waals surface area contributed by atoms with Crippen LogP contribution < -0.4 is 11.3 Å². The molecular formula is C8H17F3N2O. The maximum atomic E-state index is 11.6. The van der Waals surface area contributed by atoms with Gasteiger partial charge >= 0.3 is 6.18 Å². The quantitative estimate of drug-likeness (QED) is 0.384. The van der Waals surface area contributed by atoms with E-state index in [2.05, 4.69) is 10.2 Å². The second kappa shape index (κ2) is 7.03. The van der Waals surface area contributed by atoms with Gasteiger partial charge in [0.2, 0.25) is 0 Å². The van der Waals surface area contributed by atoms with Gasteiger partial charge in [-0.05, 0) is 12.8 Å². The normalized spacial score (nSPS) is 14.4. The Kier molecular flexibility index (Phi) is 6.86. The van der Waals surface area contributed by atoms with Crippen molar-refractivity contribution in [3.63, 3.8) is 0 Å². The summed E-state index contributed by atoms with van der Waals surface area (Å²) in [7, 11) is 0. The van der Waals surface area contributed by atoms with Crippen LogP contribution in [0.2, 0.25) is 0 Å². The number of hydrogen-bond acceptors (Lipinski definition) is 3. The predicted octanol–water partition coefficient (Wildman–Crippen LogP) is 1.59. The lowest BCUT2D eigenvalue weighted by Gasteiger charge is -2.15.